The molecule has 1 heterocycles. The second-order valence-corrected chi connectivity index (χ2v) is 6.34. The van der Waals surface area contributed by atoms with E-state index in [2.05, 4.69) is 91.0 Å². The van der Waals surface area contributed by atoms with Crippen LogP contribution in [0.4, 0.5) is 17.3 Å². The number of benzene rings is 3. The molecule has 0 amide bonds. The van der Waals surface area contributed by atoms with E-state index in [1.165, 1.54) is 17.5 Å². The van der Waals surface area contributed by atoms with E-state index >= 15 is 0 Å². The SMILES string of the molecule is c1ccc(CN(Cc2ccccc2)c2ccc(N=Nc3nc[nH]n3)cc2)cc1. The van der Waals surface area contributed by atoms with E-state index in [9.17, 15) is 0 Å². The molecule has 0 unspecified atom stereocenters. The van der Waals surface area contributed by atoms with Crippen molar-refractivity contribution < 1.29 is 0 Å². The number of azo groups is 1. The van der Waals surface area contributed by atoms with Gasteiger partial charge in [0.25, 0.3) is 5.95 Å². The Kier molecular flexibility index (Phi) is 5.49. The largest absolute Gasteiger partial charge is 0.363 e. The highest BCUT2D eigenvalue weighted by molar-refractivity contribution is 5.53. The zero-order valence-electron chi connectivity index (χ0n) is 15.3. The van der Waals surface area contributed by atoms with Gasteiger partial charge >= 0.3 is 0 Å². The number of H-pyrrole nitrogens is 1. The number of anilines is 1. The monoisotopic (exact) mass is 368 g/mol. The zero-order chi connectivity index (χ0) is 19.0. The van der Waals surface area contributed by atoms with Crippen LogP contribution in [-0.2, 0) is 13.1 Å². The average molecular weight is 368 g/mol. The minimum Gasteiger partial charge on any atom is -0.363 e. The Labute approximate surface area is 163 Å². The van der Waals surface area contributed by atoms with Crippen LogP contribution >= 0.6 is 0 Å². The third-order valence-electron chi connectivity index (χ3n) is 4.30. The van der Waals surface area contributed by atoms with E-state index in [1.54, 1.807) is 0 Å². The third kappa shape index (κ3) is 4.67. The van der Waals surface area contributed by atoms with E-state index in [0.717, 1.165) is 24.5 Å². The first-order valence-electron chi connectivity index (χ1n) is 9.07. The van der Waals surface area contributed by atoms with Gasteiger partial charge in [0.2, 0.25) is 0 Å². The predicted octanol–water partition coefficient (Wildman–Crippen LogP) is 5.43. The lowest BCUT2D eigenvalue weighted by Crippen LogP contribution is -2.21. The molecule has 0 aliphatic rings. The van der Waals surface area contributed by atoms with Crippen molar-refractivity contribution in [2.75, 3.05) is 4.90 Å². The maximum Gasteiger partial charge on any atom is 0.287 e. The van der Waals surface area contributed by atoms with E-state index in [4.69, 9.17) is 0 Å². The number of hydrogen-bond acceptors (Lipinski definition) is 5. The van der Waals surface area contributed by atoms with Gasteiger partial charge in [-0.05, 0) is 35.4 Å². The molecule has 6 nitrogen and oxygen atoms in total. The normalized spacial score (nSPS) is 11.0. The summed E-state index contributed by atoms with van der Waals surface area (Å²) >= 11 is 0. The van der Waals surface area contributed by atoms with Gasteiger partial charge in [0.05, 0.1) is 5.69 Å². The fourth-order valence-corrected chi connectivity index (χ4v) is 2.93. The lowest BCUT2D eigenvalue weighted by atomic mass is 10.1. The Hall–Kier alpha value is -3.80. The minimum atomic E-state index is 0.318. The topological polar surface area (TPSA) is 69.5 Å². The summed E-state index contributed by atoms with van der Waals surface area (Å²) < 4.78 is 0. The van der Waals surface area contributed by atoms with Gasteiger partial charge in [-0.15, -0.1) is 15.3 Å². The van der Waals surface area contributed by atoms with Crippen molar-refractivity contribution in [3.8, 4) is 0 Å². The quantitative estimate of drug-likeness (QED) is 0.442. The number of hydrogen-bond donors (Lipinski definition) is 1. The summed E-state index contributed by atoms with van der Waals surface area (Å²) in [6.07, 6.45) is 1.47. The molecule has 0 radical (unpaired) electrons. The molecule has 0 aliphatic heterocycles. The fourth-order valence-electron chi connectivity index (χ4n) is 2.93. The Morgan fingerprint density at radius 3 is 1.86 bits per heavy atom. The van der Waals surface area contributed by atoms with E-state index in [-0.39, 0.29) is 0 Å². The molecule has 1 N–H and O–H groups in total. The summed E-state index contributed by atoms with van der Waals surface area (Å²) in [4.78, 5) is 6.28. The second-order valence-electron chi connectivity index (χ2n) is 6.34. The minimum absolute atomic E-state index is 0.318. The van der Waals surface area contributed by atoms with Crippen LogP contribution in [-0.4, -0.2) is 15.2 Å². The van der Waals surface area contributed by atoms with Crippen molar-refractivity contribution in [1.29, 1.82) is 0 Å². The van der Waals surface area contributed by atoms with Crippen molar-refractivity contribution in [2.45, 2.75) is 13.1 Å². The first-order chi connectivity index (χ1) is 13.9. The van der Waals surface area contributed by atoms with Gasteiger partial charge in [-0.2, -0.15) is 4.98 Å². The first-order valence-corrected chi connectivity index (χ1v) is 9.07. The van der Waals surface area contributed by atoms with Crippen LogP contribution in [0.15, 0.2) is 101 Å². The molecule has 0 saturated heterocycles. The van der Waals surface area contributed by atoms with Gasteiger partial charge < -0.3 is 4.90 Å². The summed E-state index contributed by atoms with van der Waals surface area (Å²) in [5.74, 6) is 0.318. The smallest absolute Gasteiger partial charge is 0.287 e. The number of nitrogens with one attached hydrogen (secondary N) is 1. The van der Waals surface area contributed by atoms with Crippen molar-refractivity contribution in [3.63, 3.8) is 0 Å². The molecule has 1 aromatic heterocycles. The number of rotatable bonds is 7. The standard InChI is InChI=1S/C22H20N6/c1-3-7-18(8-4-1)15-28(16-19-9-5-2-6-10-19)21-13-11-20(12-14-21)25-27-22-23-17-24-26-22/h1-14,17H,15-16H2,(H,23,24,26). The van der Waals surface area contributed by atoms with Crippen LogP contribution in [0, 0.1) is 0 Å². The van der Waals surface area contributed by atoms with Gasteiger partial charge in [-0.3, -0.25) is 5.10 Å². The van der Waals surface area contributed by atoms with Crippen LogP contribution in [0.25, 0.3) is 0 Å². The molecule has 28 heavy (non-hydrogen) atoms. The average Bonchev–Trinajstić information content (AvgIpc) is 3.27. The Morgan fingerprint density at radius 2 is 1.32 bits per heavy atom. The van der Waals surface area contributed by atoms with Crippen LogP contribution in [0.1, 0.15) is 11.1 Å². The molecule has 3 aromatic carbocycles. The Balaban J connectivity index is 1.54. The summed E-state index contributed by atoms with van der Waals surface area (Å²) in [6.45, 7) is 1.65. The molecule has 0 aliphatic carbocycles. The van der Waals surface area contributed by atoms with Gasteiger partial charge in [0.15, 0.2) is 0 Å². The number of aromatic amines is 1. The molecular formula is C22H20N6. The van der Waals surface area contributed by atoms with Crippen LogP contribution in [0.3, 0.4) is 0 Å². The molecule has 4 aromatic rings. The zero-order valence-corrected chi connectivity index (χ0v) is 15.3. The number of nitrogens with zero attached hydrogens (tertiary/aromatic N) is 5. The van der Waals surface area contributed by atoms with Crippen LogP contribution in [0.5, 0.6) is 0 Å². The van der Waals surface area contributed by atoms with E-state index < -0.39 is 0 Å². The molecular weight excluding hydrogens is 348 g/mol. The fraction of sp³-hybridized carbons (Fsp3) is 0.0909. The predicted molar refractivity (Wildman–Crippen MR) is 110 cm³/mol. The highest BCUT2D eigenvalue weighted by Crippen LogP contribution is 2.24. The highest BCUT2D eigenvalue weighted by Gasteiger charge is 2.09. The molecule has 0 saturated carbocycles. The molecule has 4 rings (SSSR count). The van der Waals surface area contributed by atoms with Gasteiger partial charge in [-0.25, -0.2) is 0 Å². The third-order valence-corrected chi connectivity index (χ3v) is 4.30. The lowest BCUT2D eigenvalue weighted by Gasteiger charge is -2.25. The molecule has 0 bridgehead atoms. The lowest BCUT2D eigenvalue weighted by molar-refractivity contribution is 0.800. The summed E-state index contributed by atoms with van der Waals surface area (Å²) in [5.41, 5.74) is 4.43. The summed E-state index contributed by atoms with van der Waals surface area (Å²) in [5, 5.41) is 14.7. The van der Waals surface area contributed by atoms with Gasteiger partial charge in [0.1, 0.15) is 6.33 Å². The molecule has 138 valence electrons. The van der Waals surface area contributed by atoms with Crippen molar-refractivity contribution in [3.05, 3.63) is 102 Å². The van der Waals surface area contributed by atoms with E-state index in [1.807, 2.05) is 24.3 Å². The molecule has 6 heteroatoms. The summed E-state index contributed by atoms with van der Waals surface area (Å²) in [7, 11) is 0. The van der Waals surface area contributed by atoms with Crippen LogP contribution < -0.4 is 4.90 Å². The van der Waals surface area contributed by atoms with E-state index in [0.29, 0.717) is 5.95 Å². The first kappa shape index (κ1) is 17.6. The van der Waals surface area contributed by atoms with Gasteiger partial charge in [-0.1, -0.05) is 60.7 Å². The number of aromatic nitrogens is 3. The Bertz CT molecular complexity index is 955. The second kappa shape index (κ2) is 8.73. The maximum atomic E-state index is 4.18. The van der Waals surface area contributed by atoms with Crippen molar-refractivity contribution in [2.24, 2.45) is 10.2 Å². The maximum absolute atomic E-state index is 4.18. The highest BCUT2D eigenvalue weighted by atomic mass is 15.3. The molecule has 0 fully saturated rings. The molecule has 0 spiro atoms. The van der Waals surface area contributed by atoms with Crippen molar-refractivity contribution >= 4 is 17.3 Å². The molecule has 0 atom stereocenters. The van der Waals surface area contributed by atoms with Crippen molar-refractivity contribution in [1.82, 2.24) is 15.2 Å². The summed E-state index contributed by atoms with van der Waals surface area (Å²) in [6, 6.07) is 29.0. The Morgan fingerprint density at radius 1 is 0.714 bits per heavy atom. The van der Waals surface area contributed by atoms with Gasteiger partial charge in [0, 0.05) is 18.8 Å². The van der Waals surface area contributed by atoms with Crippen LogP contribution in [0.2, 0.25) is 0 Å².